The van der Waals surface area contributed by atoms with Gasteiger partial charge in [0, 0.05) is 36.2 Å². The summed E-state index contributed by atoms with van der Waals surface area (Å²) in [5, 5.41) is 46.3. The van der Waals surface area contributed by atoms with Crippen molar-refractivity contribution in [3.05, 3.63) is 148 Å². The van der Waals surface area contributed by atoms with Crippen molar-refractivity contribution in [3.63, 3.8) is 0 Å². The second-order valence-corrected chi connectivity index (χ2v) is 15.1. The van der Waals surface area contributed by atoms with E-state index in [1.165, 1.54) is 35.6 Å². The molecule has 15 heteroatoms. The average molecular weight is 818 g/mol. The molecule has 0 aliphatic carbocycles. The first-order chi connectivity index (χ1) is 28.4. The van der Waals surface area contributed by atoms with Crippen LogP contribution in [0.5, 0.6) is 0 Å². The molecule has 5 aromatic rings. The fraction of sp³-hybridized carbons (Fsp3) is 0.227. The summed E-state index contributed by atoms with van der Waals surface area (Å²) in [4.78, 5) is 82.0. The Hall–Kier alpha value is -6.68. The van der Waals surface area contributed by atoms with E-state index in [9.17, 15) is 44.1 Å². The van der Waals surface area contributed by atoms with Crippen molar-refractivity contribution in [2.45, 2.75) is 62.1 Å². The van der Waals surface area contributed by atoms with Crippen LogP contribution in [0, 0.1) is 0 Å². The number of nitrogens with one attached hydrogen (secondary N) is 5. The first kappa shape index (κ1) is 41.9. The van der Waals surface area contributed by atoms with Gasteiger partial charge in [-0.05, 0) is 51.4 Å². The van der Waals surface area contributed by atoms with Crippen molar-refractivity contribution in [2.24, 2.45) is 0 Å². The van der Waals surface area contributed by atoms with Crippen LogP contribution in [0.3, 0.4) is 0 Å². The maximum atomic E-state index is 14.4. The van der Waals surface area contributed by atoms with Gasteiger partial charge in [0.05, 0.1) is 0 Å². The van der Waals surface area contributed by atoms with Crippen LogP contribution < -0.4 is 26.6 Å². The maximum Gasteiger partial charge on any atom is 0.326 e. The minimum atomic E-state index is -2.30. The number of carboxylic acids is 1. The Morgan fingerprint density at radius 3 is 1.63 bits per heavy atom. The van der Waals surface area contributed by atoms with E-state index >= 15 is 0 Å². The number of aliphatic carboxylic acids is 1. The van der Waals surface area contributed by atoms with Gasteiger partial charge in [0.1, 0.15) is 24.2 Å². The summed E-state index contributed by atoms with van der Waals surface area (Å²) in [6.45, 7) is 0. The topological polar surface area (TPSA) is 223 Å². The molecule has 8 N–H and O–H groups in total. The Morgan fingerprint density at radius 2 is 1.05 bits per heavy atom. The van der Waals surface area contributed by atoms with Gasteiger partial charge in [-0.1, -0.05) is 103 Å². The quantitative estimate of drug-likeness (QED) is 0.108. The van der Waals surface area contributed by atoms with E-state index in [2.05, 4.69) is 26.6 Å². The molecule has 0 radical (unpaired) electrons. The Labute approximate surface area is 343 Å². The normalized spacial score (nSPS) is 22.2. The molecule has 2 aliphatic heterocycles. The Balaban J connectivity index is 1.37. The highest BCUT2D eigenvalue weighted by atomic mass is 32.1. The lowest BCUT2D eigenvalue weighted by Gasteiger charge is -2.27. The van der Waals surface area contributed by atoms with E-state index in [0.717, 1.165) is 11.1 Å². The van der Waals surface area contributed by atoms with Crippen molar-refractivity contribution in [1.82, 2.24) is 21.3 Å². The highest BCUT2D eigenvalue weighted by Gasteiger charge is 2.35. The molecular formula is C44H43N5O9S. The van der Waals surface area contributed by atoms with Gasteiger partial charge in [0.15, 0.2) is 12.2 Å². The molecule has 5 amide bonds. The molecular weight excluding hydrogens is 775 g/mol. The van der Waals surface area contributed by atoms with Crippen LogP contribution in [0.2, 0.25) is 0 Å². The van der Waals surface area contributed by atoms with Gasteiger partial charge in [-0.2, -0.15) is 0 Å². The molecule has 0 unspecified atom stereocenters. The number of anilines is 1. The van der Waals surface area contributed by atoms with Gasteiger partial charge in [-0.3, -0.25) is 24.0 Å². The number of carbonyl (C=O) groups excluding carboxylic acids is 5. The van der Waals surface area contributed by atoms with Crippen molar-refractivity contribution in [2.75, 3.05) is 5.32 Å². The summed E-state index contributed by atoms with van der Waals surface area (Å²) in [5.74, 6) is -6.08. The fourth-order valence-electron chi connectivity index (χ4n) is 6.54. The molecule has 59 heavy (non-hydrogen) atoms. The molecule has 0 fully saturated rings. The maximum absolute atomic E-state index is 14.4. The molecule has 0 spiro atoms. The molecule has 6 atom stereocenters. The Bertz CT molecular complexity index is 2240. The lowest BCUT2D eigenvalue weighted by Crippen LogP contribution is -2.60. The third kappa shape index (κ3) is 11.5. The zero-order chi connectivity index (χ0) is 41.9. The SMILES string of the molecule is O=C(O)[C@@H]1Cc2ccc(cc2)NC(=O)[C@@H](O)[C@H](O)C(=O)N[C@H](Cc2cccs2)C(=O)N[C@@H](Cc2ccc(-c3ccccc3)cc2)C(=O)N[C@H](Cc2ccccc2)C(=O)N1. The third-order valence-corrected chi connectivity index (χ3v) is 10.7. The minimum Gasteiger partial charge on any atom is -0.480 e. The van der Waals surface area contributed by atoms with Gasteiger partial charge < -0.3 is 41.9 Å². The molecule has 0 saturated heterocycles. The highest BCUT2D eigenvalue weighted by molar-refractivity contribution is 7.09. The van der Waals surface area contributed by atoms with Gasteiger partial charge >= 0.3 is 5.97 Å². The third-order valence-electron chi connectivity index (χ3n) is 9.78. The molecule has 304 valence electrons. The number of hydrogen-bond donors (Lipinski definition) is 8. The van der Waals surface area contributed by atoms with Crippen LogP contribution in [0.1, 0.15) is 21.6 Å². The number of carbonyl (C=O) groups is 6. The molecule has 2 aliphatic rings. The molecule has 4 aromatic carbocycles. The predicted octanol–water partition coefficient (Wildman–Crippen LogP) is 2.38. The Kier molecular flexibility index (Phi) is 14.0. The van der Waals surface area contributed by atoms with E-state index in [4.69, 9.17) is 0 Å². The summed E-state index contributed by atoms with van der Waals surface area (Å²) >= 11 is 1.29. The van der Waals surface area contributed by atoms with E-state index in [0.29, 0.717) is 21.6 Å². The minimum absolute atomic E-state index is 0.0249. The van der Waals surface area contributed by atoms with E-state index in [-0.39, 0.29) is 31.4 Å². The standard InChI is InChI=1S/C44H43N5O9S/c50-37-38(51)43(56)48-35(25-32-12-7-21-59-32)41(54)47-34(23-27-13-17-30(18-14-27)29-10-5-2-6-11-29)39(52)46-33(22-26-8-3-1-4-9-26)40(53)49-36(44(57)58)24-28-15-19-31(20-16-28)45-42(37)55/h1-21,33-38,50-51H,22-25H2,(H,45,55)(H,46,52)(H,47,54)(H,48,56)(H,49,53)(H,57,58)/t33-,34+,35-,36+,37+,38+/m1/s1. The Morgan fingerprint density at radius 1 is 0.542 bits per heavy atom. The highest BCUT2D eigenvalue weighted by Crippen LogP contribution is 2.21. The largest absolute Gasteiger partial charge is 0.480 e. The summed E-state index contributed by atoms with van der Waals surface area (Å²) in [7, 11) is 0. The predicted molar refractivity (Wildman–Crippen MR) is 220 cm³/mol. The first-order valence-electron chi connectivity index (χ1n) is 18.8. The van der Waals surface area contributed by atoms with Crippen LogP contribution >= 0.6 is 11.3 Å². The zero-order valence-electron chi connectivity index (χ0n) is 31.6. The van der Waals surface area contributed by atoms with Crippen LogP contribution in [-0.2, 0) is 54.5 Å². The monoisotopic (exact) mass is 817 g/mol. The number of carboxylic acid groups (broad SMARTS) is 1. The van der Waals surface area contributed by atoms with Crippen LogP contribution in [0.4, 0.5) is 5.69 Å². The van der Waals surface area contributed by atoms with E-state index < -0.39 is 71.9 Å². The summed E-state index contributed by atoms with van der Waals surface area (Å²) in [5.41, 5.74) is 3.80. The number of thiophene rings is 1. The fourth-order valence-corrected chi connectivity index (χ4v) is 7.30. The van der Waals surface area contributed by atoms with Crippen molar-refractivity contribution < 1.29 is 44.1 Å². The van der Waals surface area contributed by atoms with Gasteiger partial charge in [0.2, 0.25) is 17.7 Å². The number of hydrogen-bond acceptors (Lipinski definition) is 9. The molecule has 1 aromatic heterocycles. The van der Waals surface area contributed by atoms with Gasteiger partial charge in [0.25, 0.3) is 11.8 Å². The smallest absolute Gasteiger partial charge is 0.326 e. The molecule has 2 bridgehead atoms. The van der Waals surface area contributed by atoms with Gasteiger partial charge in [-0.15, -0.1) is 11.3 Å². The molecule has 14 nitrogen and oxygen atoms in total. The first-order valence-corrected chi connectivity index (χ1v) is 19.7. The zero-order valence-corrected chi connectivity index (χ0v) is 32.4. The number of benzene rings is 4. The lowest BCUT2D eigenvalue weighted by atomic mass is 9.99. The second kappa shape index (κ2) is 19.7. The number of aliphatic hydroxyl groups is 2. The lowest BCUT2D eigenvalue weighted by molar-refractivity contribution is -0.145. The number of aliphatic hydroxyl groups excluding tert-OH is 2. The number of amides is 5. The molecule has 7 rings (SSSR count). The number of rotatable bonds is 8. The number of fused-ring (bicyclic) bond motifs is 18. The van der Waals surface area contributed by atoms with Crippen LogP contribution in [-0.4, -0.2) is 87.2 Å². The average Bonchev–Trinajstić information content (AvgIpc) is 3.76. The summed E-state index contributed by atoms with van der Waals surface area (Å²) in [6, 6.07) is 29.6. The van der Waals surface area contributed by atoms with Crippen molar-refractivity contribution in [3.8, 4) is 11.1 Å². The van der Waals surface area contributed by atoms with E-state index in [1.54, 1.807) is 60.0 Å². The van der Waals surface area contributed by atoms with Gasteiger partial charge in [-0.25, -0.2) is 4.79 Å². The van der Waals surface area contributed by atoms with Crippen molar-refractivity contribution >= 4 is 52.5 Å². The van der Waals surface area contributed by atoms with Crippen LogP contribution in [0.25, 0.3) is 11.1 Å². The molecule has 3 heterocycles. The summed E-state index contributed by atoms with van der Waals surface area (Å²) in [6.07, 6.45) is -4.89. The van der Waals surface area contributed by atoms with E-state index in [1.807, 2.05) is 42.5 Å². The summed E-state index contributed by atoms with van der Waals surface area (Å²) < 4.78 is 0. The second-order valence-electron chi connectivity index (χ2n) is 14.1. The molecule has 0 saturated carbocycles. The van der Waals surface area contributed by atoms with Crippen molar-refractivity contribution in [1.29, 1.82) is 0 Å². The van der Waals surface area contributed by atoms with Crippen LogP contribution in [0.15, 0.2) is 127 Å².